The van der Waals surface area contributed by atoms with E-state index in [1.54, 1.807) is 12.1 Å². The van der Waals surface area contributed by atoms with Gasteiger partial charge in [0.05, 0.1) is 12.3 Å². The molecule has 2 aromatic heterocycles. The molecule has 0 saturated heterocycles. The Kier molecular flexibility index (Phi) is 6.32. The average Bonchev–Trinajstić information content (AvgIpc) is 3.11. The molecule has 0 aliphatic heterocycles. The number of nitrogens with zero attached hydrogens (tertiary/aromatic N) is 2. The Balaban J connectivity index is 1.59. The predicted octanol–water partition coefficient (Wildman–Crippen LogP) is 5.66. The van der Waals surface area contributed by atoms with Crippen molar-refractivity contribution in [2.75, 3.05) is 11.9 Å². The lowest BCUT2D eigenvalue weighted by Gasteiger charge is -2.10. The fourth-order valence-corrected chi connectivity index (χ4v) is 3.46. The van der Waals surface area contributed by atoms with Gasteiger partial charge in [-0.15, -0.1) is 0 Å². The molecule has 158 valence electrons. The number of carbonyl (C=O) groups excluding carboxylic acids is 1. The van der Waals surface area contributed by atoms with Gasteiger partial charge in [-0.05, 0) is 54.8 Å². The van der Waals surface area contributed by atoms with E-state index in [1.807, 2.05) is 60.0 Å². The fourth-order valence-electron chi connectivity index (χ4n) is 3.46. The second-order valence-electron chi connectivity index (χ2n) is 7.68. The lowest BCUT2D eigenvalue weighted by Crippen LogP contribution is -2.15. The van der Waals surface area contributed by atoms with E-state index >= 15 is 0 Å². The third-order valence-corrected chi connectivity index (χ3v) is 5.17. The number of aromatic nitrogens is 2. The highest BCUT2D eigenvalue weighted by Gasteiger charge is 2.16. The first-order valence-corrected chi connectivity index (χ1v) is 10.7. The number of hydrogen-bond acceptors (Lipinski definition) is 3. The van der Waals surface area contributed by atoms with Crippen LogP contribution in [-0.4, -0.2) is 21.9 Å². The number of hydrogen-bond donors (Lipinski definition) is 1. The Bertz CT molecular complexity index is 1160. The van der Waals surface area contributed by atoms with Crippen molar-refractivity contribution in [2.24, 2.45) is 0 Å². The van der Waals surface area contributed by atoms with Gasteiger partial charge in [-0.2, -0.15) is 0 Å². The Hall–Kier alpha value is -3.60. The van der Waals surface area contributed by atoms with Gasteiger partial charge >= 0.3 is 0 Å². The highest BCUT2D eigenvalue weighted by atomic mass is 16.5. The van der Waals surface area contributed by atoms with Crippen LogP contribution in [0.1, 0.15) is 46.9 Å². The van der Waals surface area contributed by atoms with Crippen LogP contribution in [0, 0.1) is 6.92 Å². The number of imidazole rings is 1. The fraction of sp³-hybridized carbons (Fsp3) is 0.231. The average molecular weight is 414 g/mol. The molecule has 1 amide bonds. The summed E-state index contributed by atoms with van der Waals surface area (Å²) in [4.78, 5) is 17.8. The molecule has 5 nitrogen and oxygen atoms in total. The Morgan fingerprint density at radius 2 is 1.81 bits per heavy atom. The summed E-state index contributed by atoms with van der Waals surface area (Å²) < 4.78 is 7.65. The molecule has 0 saturated carbocycles. The first-order valence-electron chi connectivity index (χ1n) is 10.7. The van der Waals surface area contributed by atoms with E-state index in [4.69, 9.17) is 9.72 Å². The topological polar surface area (TPSA) is 55.6 Å². The van der Waals surface area contributed by atoms with Crippen molar-refractivity contribution in [3.05, 3.63) is 95.3 Å². The number of ether oxygens (including phenoxy) is 1. The summed E-state index contributed by atoms with van der Waals surface area (Å²) >= 11 is 0. The van der Waals surface area contributed by atoms with Crippen molar-refractivity contribution in [3.8, 4) is 5.75 Å². The summed E-state index contributed by atoms with van der Waals surface area (Å²) in [6, 6.07) is 21.4. The Morgan fingerprint density at radius 1 is 1.03 bits per heavy atom. The lowest BCUT2D eigenvalue weighted by atomic mass is 10.1. The minimum Gasteiger partial charge on any atom is -0.494 e. The molecule has 0 unspecified atom stereocenters. The molecule has 0 aliphatic carbocycles. The van der Waals surface area contributed by atoms with Crippen molar-refractivity contribution in [2.45, 2.75) is 33.1 Å². The molecular weight excluding hydrogens is 386 g/mol. The zero-order chi connectivity index (χ0) is 21.6. The molecule has 0 bridgehead atoms. The molecule has 0 fully saturated rings. The largest absolute Gasteiger partial charge is 0.494 e. The number of aryl methyl sites for hydroxylation is 1. The van der Waals surface area contributed by atoms with E-state index in [-0.39, 0.29) is 5.91 Å². The molecule has 0 atom stereocenters. The van der Waals surface area contributed by atoms with Crippen LogP contribution in [-0.2, 0) is 6.42 Å². The van der Waals surface area contributed by atoms with Crippen LogP contribution in [0.4, 0.5) is 5.82 Å². The minimum atomic E-state index is -0.169. The van der Waals surface area contributed by atoms with Gasteiger partial charge in [0, 0.05) is 18.2 Å². The molecule has 2 heterocycles. The Morgan fingerprint density at radius 3 is 2.55 bits per heavy atom. The van der Waals surface area contributed by atoms with Gasteiger partial charge in [-0.3, -0.25) is 9.20 Å². The molecule has 1 N–H and O–H groups in total. The highest BCUT2D eigenvalue weighted by molar-refractivity contribution is 6.04. The maximum atomic E-state index is 13.0. The van der Waals surface area contributed by atoms with Crippen molar-refractivity contribution in [3.63, 3.8) is 0 Å². The van der Waals surface area contributed by atoms with Gasteiger partial charge in [-0.25, -0.2) is 4.98 Å². The van der Waals surface area contributed by atoms with Crippen molar-refractivity contribution >= 4 is 17.4 Å². The SMILES string of the molecule is CCCCOc1ccc(C(=O)Nc2c(Cc3ccccc3)nc3ccc(C)cn23)cc1. The number of carbonyl (C=O) groups is 1. The maximum Gasteiger partial charge on any atom is 0.256 e. The number of benzene rings is 2. The zero-order valence-electron chi connectivity index (χ0n) is 18.0. The molecule has 2 aromatic carbocycles. The molecule has 0 radical (unpaired) electrons. The molecule has 31 heavy (non-hydrogen) atoms. The van der Waals surface area contributed by atoms with Gasteiger partial charge in [0.15, 0.2) is 0 Å². The number of fused-ring (bicyclic) bond motifs is 1. The lowest BCUT2D eigenvalue weighted by molar-refractivity contribution is 0.102. The summed E-state index contributed by atoms with van der Waals surface area (Å²) in [7, 11) is 0. The third-order valence-electron chi connectivity index (χ3n) is 5.17. The maximum absolute atomic E-state index is 13.0. The zero-order valence-corrected chi connectivity index (χ0v) is 18.0. The number of pyridine rings is 1. The molecule has 5 heteroatoms. The Labute approximate surface area is 182 Å². The standard InChI is InChI=1S/C26H27N3O2/c1-3-4-16-31-22-13-11-21(12-14-22)26(30)28-25-23(17-20-8-6-5-7-9-20)27-24-15-10-19(2)18-29(24)25/h5-15,18H,3-4,16-17H2,1-2H3,(H,28,30). The number of unbranched alkanes of at least 4 members (excludes halogenated alkanes) is 1. The van der Waals surface area contributed by atoms with Gasteiger partial charge in [0.25, 0.3) is 5.91 Å². The van der Waals surface area contributed by atoms with Crippen LogP contribution in [0.25, 0.3) is 5.65 Å². The van der Waals surface area contributed by atoms with E-state index in [0.717, 1.165) is 41.1 Å². The quantitative estimate of drug-likeness (QED) is 0.379. The summed E-state index contributed by atoms with van der Waals surface area (Å²) in [6.07, 6.45) is 4.74. The summed E-state index contributed by atoms with van der Waals surface area (Å²) in [5.41, 5.74) is 4.47. The van der Waals surface area contributed by atoms with Gasteiger partial charge in [0.2, 0.25) is 0 Å². The van der Waals surface area contributed by atoms with Crippen molar-refractivity contribution < 1.29 is 9.53 Å². The van der Waals surface area contributed by atoms with E-state index in [0.29, 0.717) is 24.4 Å². The first kappa shape index (κ1) is 20.7. The number of amides is 1. The van der Waals surface area contributed by atoms with Crippen LogP contribution in [0.2, 0.25) is 0 Å². The second kappa shape index (κ2) is 9.47. The van der Waals surface area contributed by atoms with E-state index in [9.17, 15) is 4.79 Å². The van der Waals surface area contributed by atoms with Crippen LogP contribution in [0.15, 0.2) is 72.9 Å². The number of rotatable bonds is 8. The van der Waals surface area contributed by atoms with Crippen molar-refractivity contribution in [1.29, 1.82) is 0 Å². The molecule has 0 spiro atoms. The minimum absolute atomic E-state index is 0.169. The second-order valence-corrected chi connectivity index (χ2v) is 7.68. The van der Waals surface area contributed by atoms with Crippen LogP contribution in [0.5, 0.6) is 5.75 Å². The first-order chi connectivity index (χ1) is 15.1. The molecular formula is C26H27N3O2. The monoisotopic (exact) mass is 413 g/mol. The molecule has 0 aliphatic rings. The predicted molar refractivity (Wildman–Crippen MR) is 124 cm³/mol. The van der Waals surface area contributed by atoms with Crippen LogP contribution >= 0.6 is 0 Å². The smallest absolute Gasteiger partial charge is 0.256 e. The molecule has 4 rings (SSSR count). The van der Waals surface area contributed by atoms with Crippen molar-refractivity contribution in [1.82, 2.24) is 9.38 Å². The number of anilines is 1. The number of nitrogens with one attached hydrogen (secondary N) is 1. The van der Waals surface area contributed by atoms with E-state index < -0.39 is 0 Å². The van der Waals surface area contributed by atoms with Crippen LogP contribution in [0.3, 0.4) is 0 Å². The normalized spacial score (nSPS) is 10.9. The van der Waals surface area contributed by atoms with Gasteiger partial charge < -0.3 is 10.1 Å². The van der Waals surface area contributed by atoms with Gasteiger partial charge in [0.1, 0.15) is 17.2 Å². The summed E-state index contributed by atoms with van der Waals surface area (Å²) in [5.74, 6) is 1.31. The highest BCUT2D eigenvalue weighted by Crippen LogP contribution is 2.23. The van der Waals surface area contributed by atoms with Crippen LogP contribution < -0.4 is 10.1 Å². The molecule has 4 aromatic rings. The summed E-state index contributed by atoms with van der Waals surface area (Å²) in [5, 5.41) is 3.09. The van der Waals surface area contributed by atoms with Gasteiger partial charge in [-0.1, -0.05) is 49.7 Å². The summed E-state index contributed by atoms with van der Waals surface area (Å²) in [6.45, 7) is 4.84. The third kappa shape index (κ3) is 4.94. The van der Waals surface area contributed by atoms with E-state index in [2.05, 4.69) is 24.4 Å². The van der Waals surface area contributed by atoms with E-state index in [1.165, 1.54) is 0 Å².